The molecule has 0 atom stereocenters. The number of ether oxygens (including phenoxy) is 1. The second-order valence-electron chi connectivity index (χ2n) is 8.14. The summed E-state index contributed by atoms with van der Waals surface area (Å²) in [4.78, 5) is 19.6. The highest BCUT2D eigenvalue weighted by molar-refractivity contribution is 5.94. The number of carbonyl (C=O) groups excluding carboxylic acids is 1. The van der Waals surface area contributed by atoms with E-state index in [1.807, 2.05) is 42.2 Å². The summed E-state index contributed by atoms with van der Waals surface area (Å²) < 4.78 is 18.4. The molecule has 160 valence electrons. The highest BCUT2D eigenvalue weighted by Crippen LogP contribution is 2.29. The minimum Gasteiger partial charge on any atom is -0.497 e. The van der Waals surface area contributed by atoms with Crippen LogP contribution in [0.3, 0.4) is 0 Å². The molecule has 0 radical (unpaired) electrons. The molecule has 4 nitrogen and oxygen atoms in total. The lowest BCUT2D eigenvalue weighted by atomic mass is 9.91. The van der Waals surface area contributed by atoms with E-state index in [2.05, 4.69) is 12.1 Å². The molecule has 0 bridgehead atoms. The molecule has 0 N–H and O–H groups in total. The summed E-state index contributed by atoms with van der Waals surface area (Å²) in [6.45, 7) is 3.44. The molecule has 2 aromatic carbocycles. The number of aromatic nitrogens is 1. The molecule has 1 aromatic heterocycles. The lowest BCUT2D eigenvalue weighted by molar-refractivity contribution is 0.0711. The zero-order chi connectivity index (χ0) is 21.8. The molecule has 1 aliphatic heterocycles. The van der Waals surface area contributed by atoms with Crippen LogP contribution in [0.5, 0.6) is 5.75 Å². The number of carbonyl (C=O) groups is 1. The van der Waals surface area contributed by atoms with E-state index in [0.29, 0.717) is 30.3 Å². The predicted molar refractivity (Wildman–Crippen MR) is 119 cm³/mol. The third-order valence-electron chi connectivity index (χ3n) is 5.87. The van der Waals surface area contributed by atoms with E-state index < -0.39 is 0 Å². The number of likely N-dealkylation sites (tertiary alicyclic amines) is 1. The van der Waals surface area contributed by atoms with Gasteiger partial charge in [-0.3, -0.25) is 9.78 Å². The molecule has 1 saturated heterocycles. The van der Waals surface area contributed by atoms with Gasteiger partial charge in [0, 0.05) is 36.0 Å². The average Bonchev–Trinajstić information content (AvgIpc) is 2.80. The Labute approximate surface area is 182 Å². The second kappa shape index (κ2) is 9.29. The van der Waals surface area contributed by atoms with Gasteiger partial charge in [0.1, 0.15) is 11.6 Å². The van der Waals surface area contributed by atoms with Crippen molar-refractivity contribution in [2.24, 2.45) is 0 Å². The van der Waals surface area contributed by atoms with Crippen LogP contribution in [0.25, 0.3) is 0 Å². The fraction of sp³-hybridized carbons (Fsp3) is 0.308. The van der Waals surface area contributed by atoms with Crippen molar-refractivity contribution in [1.82, 2.24) is 9.88 Å². The van der Waals surface area contributed by atoms with Gasteiger partial charge < -0.3 is 9.64 Å². The van der Waals surface area contributed by atoms with Crippen molar-refractivity contribution < 1.29 is 13.9 Å². The number of aryl methyl sites for hydroxylation is 1. The van der Waals surface area contributed by atoms with E-state index in [4.69, 9.17) is 9.72 Å². The summed E-state index contributed by atoms with van der Waals surface area (Å²) >= 11 is 0. The first-order chi connectivity index (χ1) is 15.0. The lowest BCUT2D eigenvalue weighted by Crippen LogP contribution is -2.38. The van der Waals surface area contributed by atoms with Gasteiger partial charge in [-0.15, -0.1) is 0 Å². The van der Waals surface area contributed by atoms with Crippen molar-refractivity contribution in [1.29, 1.82) is 0 Å². The van der Waals surface area contributed by atoms with E-state index in [1.54, 1.807) is 13.2 Å². The van der Waals surface area contributed by atoms with E-state index in [0.717, 1.165) is 36.2 Å². The number of hydrogen-bond donors (Lipinski definition) is 0. The summed E-state index contributed by atoms with van der Waals surface area (Å²) in [7, 11) is 1.61. The zero-order valence-electron chi connectivity index (χ0n) is 18.0. The summed E-state index contributed by atoms with van der Waals surface area (Å²) in [5.74, 6) is 0.858. The summed E-state index contributed by atoms with van der Waals surface area (Å²) in [5.41, 5.74) is 5.00. The first-order valence-electron chi connectivity index (χ1n) is 10.7. The molecule has 1 fully saturated rings. The fourth-order valence-electron chi connectivity index (χ4n) is 4.23. The third kappa shape index (κ3) is 5.10. The molecular formula is C26H27FN2O2. The number of methoxy groups -OCH3 is 1. The van der Waals surface area contributed by atoms with Crippen LogP contribution in [-0.2, 0) is 6.42 Å². The van der Waals surface area contributed by atoms with Gasteiger partial charge in [-0.2, -0.15) is 0 Å². The van der Waals surface area contributed by atoms with Crippen LogP contribution in [0.15, 0.2) is 60.7 Å². The molecule has 0 aliphatic carbocycles. The van der Waals surface area contributed by atoms with Crippen LogP contribution in [0.1, 0.15) is 51.6 Å². The maximum atomic E-state index is 13.2. The molecule has 0 saturated carbocycles. The van der Waals surface area contributed by atoms with Crippen LogP contribution in [0.2, 0.25) is 0 Å². The highest BCUT2D eigenvalue weighted by atomic mass is 19.1. The Kier molecular flexibility index (Phi) is 6.31. The fourth-order valence-corrected chi connectivity index (χ4v) is 4.23. The van der Waals surface area contributed by atoms with Crippen molar-refractivity contribution in [2.45, 2.75) is 32.1 Å². The van der Waals surface area contributed by atoms with Gasteiger partial charge in [-0.05, 0) is 79.8 Å². The number of rotatable bonds is 5. The topological polar surface area (TPSA) is 42.4 Å². The predicted octanol–water partition coefficient (Wildman–Crippen LogP) is 5.15. The van der Waals surface area contributed by atoms with Crippen molar-refractivity contribution in [2.75, 3.05) is 20.2 Å². The van der Waals surface area contributed by atoms with E-state index in [9.17, 15) is 9.18 Å². The van der Waals surface area contributed by atoms with Crippen molar-refractivity contribution in [3.63, 3.8) is 0 Å². The Bertz CT molecular complexity index is 1060. The maximum absolute atomic E-state index is 13.2. The zero-order valence-corrected chi connectivity index (χ0v) is 18.0. The number of piperidine rings is 1. The molecule has 1 aliphatic rings. The molecule has 0 spiro atoms. The Morgan fingerprint density at radius 2 is 1.81 bits per heavy atom. The first-order valence-corrected chi connectivity index (χ1v) is 10.7. The number of pyridine rings is 1. The molecule has 5 heteroatoms. The maximum Gasteiger partial charge on any atom is 0.253 e. The van der Waals surface area contributed by atoms with Crippen LogP contribution >= 0.6 is 0 Å². The van der Waals surface area contributed by atoms with E-state index in [1.165, 1.54) is 17.7 Å². The number of amides is 1. The van der Waals surface area contributed by atoms with Gasteiger partial charge >= 0.3 is 0 Å². The second-order valence-corrected chi connectivity index (χ2v) is 8.14. The number of halogens is 1. The summed E-state index contributed by atoms with van der Waals surface area (Å²) in [6.07, 6.45) is 2.54. The molecule has 4 rings (SSSR count). The van der Waals surface area contributed by atoms with Crippen LogP contribution in [0, 0.1) is 12.7 Å². The van der Waals surface area contributed by atoms with E-state index in [-0.39, 0.29) is 11.7 Å². The van der Waals surface area contributed by atoms with Gasteiger partial charge in [0.15, 0.2) is 0 Å². The molecule has 1 amide bonds. The smallest absolute Gasteiger partial charge is 0.253 e. The Morgan fingerprint density at radius 1 is 1.06 bits per heavy atom. The van der Waals surface area contributed by atoms with Gasteiger partial charge in [-0.1, -0.05) is 18.2 Å². The van der Waals surface area contributed by atoms with Gasteiger partial charge in [0.2, 0.25) is 0 Å². The lowest BCUT2D eigenvalue weighted by Gasteiger charge is -2.32. The van der Waals surface area contributed by atoms with Crippen molar-refractivity contribution >= 4 is 5.91 Å². The van der Waals surface area contributed by atoms with Crippen molar-refractivity contribution in [3.8, 4) is 5.75 Å². The number of hydrogen-bond acceptors (Lipinski definition) is 3. The summed E-state index contributed by atoms with van der Waals surface area (Å²) in [6, 6.07) is 18.2. The molecule has 2 heterocycles. The average molecular weight is 419 g/mol. The van der Waals surface area contributed by atoms with Gasteiger partial charge in [0.25, 0.3) is 5.91 Å². The monoisotopic (exact) mass is 418 g/mol. The summed E-state index contributed by atoms with van der Waals surface area (Å²) in [5, 5.41) is 0. The van der Waals surface area contributed by atoms with Crippen LogP contribution in [-0.4, -0.2) is 36.0 Å². The van der Waals surface area contributed by atoms with Crippen LogP contribution < -0.4 is 4.74 Å². The Morgan fingerprint density at radius 3 is 2.52 bits per heavy atom. The third-order valence-corrected chi connectivity index (χ3v) is 5.87. The standard InChI is InChI=1S/C26H27FN2O2/c1-18-14-20(15-19-6-8-23(27)9-7-19)16-25(28-18)21-10-12-29(13-11-21)26(30)22-4-3-5-24(17-22)31-2/h3-9,14,16-17,21H,10-13,15H2,1-2H3. The van der Waals surface area contributed by atoms with Crippen LogP contribution in [0.4, 0.5) is 4.39 Å². The van der Waals surface area contributed by atoms with Gasteiger partial charge in [0.05, 0.1) is 7.11 Å². The molecule has 3 aromatic rings. The Balaban J connectivity index is 1.43. The number of benzene rings is 2. The minimum atomic E-state index is -0.217. The highest BCUT2D eigenvalue weighted by Gasteiger charge is 2.26. The van der Waals surface area contributed by atoms with E-state index >= 15 is 0 Å². The normalized spacial score (nSPS) is 14.5. The Hall–Kier alpha value is -3.21. The quantitative estimate of drug-likeness (QED) is 0.576. The first kappa shape index (κ1) is 21.0. The number of nitrogens with zero attached hydrogens (tertiary/aromatic N) is 2. The largest absolute Gasteiger partial charge is 0.497 e. The molecule has 0 unspecified atom stereocenters. The van der Waals surface area contributed by atoms with Gasteiger partial charge in [-0.25, -0.2) is 4.39 Å². The molecule has 31 heavy (non-hydrogen) atoms. The molecular weight excluding hydrogens is 391 g/mol. The minimum absolute atomic E-state index is 0.0477. The van der Waals surface area contributed by atoms with Crippen molar-refractivity contribution in [3.05, 3.63) is 94.6 Å². The SMILES string of the molecule is COc1cccc(C(=O)N2CCC(c3cc(Cc4ccc(F)cc4)cc(C)n3)CC2)c1.